The van der Waals surface area contributed by atoms with Crippen LogP contribution in [0.5, 0.6) is 11.5 Å². The number of nitrogens with one attached hydrogen (secondary N) is 1. The van der Waals surface area contributed by atoms with E-state index in [1.807, 2.05) is 19.1 Å². The third kappa shape index (κ3) is 3.80. The van der Waals surface area contributed by atoms with Gasteiger partial charge in [-0.05, 0) is 24.6 Å². The fraction of sp³-hybridized carbons (Fsp3) is 0.600. The number of halogens is 1. The molecule has 1 heterocycles. The van der Waals surface area contributed by atoms with Crippen LogP contribution in [0.1, 0.15) is 18.5 Å². The minimum Gasteiger partial charge on any atom is -0.491 e. The summed E-state index contributed by atoms with van der Waals surface area (Å²) < 4.78 is 10.9. The Balaban J connectivity index is 2.31. The number of piperazine rings is 1. The van der Waals surface area contributed by atoms with E-state index in [-0.39, 0.29) is 12.6 Å². The quantitative estimate of drug-likeness (QED) is 0.837. The Morgan fingerprint density at radius 1 is 1.38 bits per heavy atom. The van der Waals surface area contributed by atoms with Crippen LogP contribution < -0.4 is 14.8 Å². The number of benzene rings is 1. The van der Waals surface area contributed by atoms with E-state index in [1.54, 1.807) is 7.11 Å². The predicted octanol–water partition coefficient (Wildman–Crippen LogP) is 1.69. The molecule has 5 nitrogen and oxygen atoms in total. The van der Waals surface area contributed by atoms with E-state index in [0.717, 1.165) is 31.7 Å². The van der Waals surface area contributed by atoms with Crippen molar-refractivity contribution in [3.63, 3.8) is 0 Å². The van der Waals surface area contributed by atoms with Gasteiger partial charge in [0.1, 0.15) is 0 Å². The Labute approximate surface area is 130 Å². The minimum atomic E-state index is -0.0743. The standard InChI is InChI=1S/C15H23ClN2O3/c1-3-21-14-9-11(8-12(16)15(14)20-2)13(10-19)18-6-4-17-5-7-18/h8-9,13,17,19H,3-7,10H2,1-2H3. The summed E-state index contributed by atoms with van der Waals surface area (Å²) in [5.74, 6) is 1.16. The van der Waals surface area contributed by atoms with E-state index in [4.69, 9.17) is 21.1 Å². The summed E-state index contributed by atoms with van der Waals surface area (Å²) in [5.41, 5.74) is 0.952. The summed E-state index contributed by atoms with van der Waals surface area (Å²) in [4.78, 5) is 2.25. The second kappa shape index (κ2) is 7.84. The van der Waals surface area contributed by atoms with Gasteiger partial charge in [-0.3, -0.25) is 4.90 Å². The van der Waals surface area contributed by atoms with Crippen LogP contribution in [0, 0.1) is 0 Å². The SMILES string of the molecule is CCOc1cc(C(CO)N2CCNCC2)cc(Cl)c1OC. The summed E-state index contributed by atoms with van der Waals surface area (Å²) in [6.07, 6.45) is 0. The Kier molecular flexibility index (Phi) is 6.11. The lowest BCUT2D eigenvalue weighted by Gasteiger charge is -2.34. The molecule has 0 radical (unpaired) electrons. The molecule has 1 unspecified atom stereocenters. The van der Waals surface area contributed by atoms with Gasteiger partial charge in [0, 0.05) is 26.2 Å². The number of ether oxygens (including phenoxy) is 2. The molecular formula is C15H23ClN2O3. The highest BCUT2D eigenvalue weighted by atomic mass is 35.5. The lowest BCUT2D eigenvalue weighted by molar-refractivity contribution is 0.110. The van der Waals surface area contributed by atoms with E-state index in [1.165, 1.54) is 0 Å². The topological polar surface area (TPSA) is 54.0 Å². The molecule has 0 aromatic heterocycles. The van der Waals surface area contributed by atoms with Gasteiger partial charge in [-0.15, -0.1) is 0 Å². The summed E-state index contributed by atoms with van der Waals surface area (Å²) >= 11 is 6.29. The molecule has 6 heteroatoms. The molecule has 1 saturated heterocycles. The fourth-order valence-corrected chi connectivity index (χ4v) is 2.96. The van der Waals surface area contributed by atoms with Gasteiger partial charge >= 0.3 is 0 Å². The molecule has 1 aromatic carbocycles. The number of hydrogen-bond acceptors (Lipinski definition) is 5. The van der Waals surface area contributed by atoms with Crippen molar-refractivity contribution in [1.29, 1.82) is 0 Å². The minimum absolute atomic E-state index is 0.0498. The van der Waals surface area contributed by atoms with Crippen molar-refractivity contribution in [3.05, 3.63) is 22.7 Å². The molecule has 0 saturated carbocycles. The van der Waals surface area contributed by atoms with E-state index in [2.05, 4.69) is 10.2 Å². The van der Waals surface area contributed by atoms with Gasteiger partial charge in [0.25, 0.3) is 0 Å². The van der Waals surface area contributed by atoms with Gasteiger partial charge in [-0.25, -0.2) is 0 Å². The molecule has 1 atom stereocenters. The predicted molar refractivity (Wildman–Crippen MR) is 83.4 cm³/mol. The van der Waals surface area contributed by atoms with Crippen LogP contribution in [-0.2, 0) is 0 Å². The lowest BCUT2D eigenvalue weighted by Crippen LogP contribution is -2.46. The van der Waals surface area contributed by atoms with Crippen molar-refractivity contribution in [2.45, 2.75) is 13.0 Å². The monoisotopic (exact) mass is 314 g/mol. The molecule has 2 N–H and O–H groups in total. The maximum Gasteiger partial charge on any atom is 0.179 e. The Morgan fingerprint density at radius 2 is 2.10 bits per heavy atom. The molecular weight excluding hydrogens is 292 g/mol. The second-order valence-corrected chi connectivity index (χ2v) is 5.36. The smallest absolute Gasteiger partial charge is 0.179 e. The number of hydrogen-bond donors (Lipinski definition) is 2. The third-order valence-electron chi connectivity index (χ3n) is 3.69. The lowest BCUT2D eigenvalue weighted by atomic mass is 10.0. The van der Waals surface area contributed by atoms with Crippen LogP contribution in [0.4, 0.5) is 0 Å². The van der Waals surface area contributed by atoms with Crippen molar-refractivity contribution in [2.75, 3.05) is 46.5 Å². The molecule has 1 fully saturated rings. The van der Waals surface area contributed by atoms with Gasteiger partial charge in [0.05, 0.1) is 31.4 Å². The molecule has 118 valence electrons. The number of rotatable bonds is 6. The van der Waals surface area contributed by atoms with Crippen molar-refractivity contribution in [1.82, 2.24) is 10.2 Å². The van der Waals surface area contributed by atoms with Crippen LogP contribution in [0.2, 0.25) is 5.02 Å². The second-order valence-electron chi connectivity index (χ2n) is 4.95. The Morgan fingerprint density at radius 3 is 2.67 bits per heavy atom. The molecule has 2 rings (SSSR count). The number of nitrogens with zero attached hydrogens (tertiary/aromatic N) is 1. The number of aliphatic hydroxyl groups is 1. The number of aliphatic hydroxyl groups excluding tert-OH is 1. The van der Waals surface area contributed by atoms with E-state index >= 15 is 0 Å². The molecule has 0 amide bonds. The van der Waals surface area contributed by atoms with Crippen LogP contribution in [-0.4, -0.2) is 56.5 Å². The summed E-state index contributed by atoms with van der Waals surface area (Å²) in [6, 6.07) is 3.69. The van der Waals surface area contributed by atoms with Crippen molar-refractivity contribution in [2.24, 2.45) is 0 Å². The molecule has 0 spiro atoms. The average Bonchev–Trinajstić information content (AvgIpc) is 2.49. The first-order valence-electron chi connectivity index (χ1n) is 7.27. The van der Waals surface area contributed by atoms with Gasteiger partial charge < -0.3 is 19.9 Å². The Bertz CT molecular complexity index is 464. The van der Waals surface area contributed by atoms with Crippen LogP contribution in [0.15, 0.2) is 12.1 Å². The van der Waals surface area contributed by atoms with Gasteiger partial charge in [-0.2, -0.15) is 0 Å². The van der Waals surface area contributed by atoms with Gasteiger partial charge in [0.2, 0.25) is 0 Å². The maximum atomic E-state index is 9.79. The van der Waals surface area contributed by atoms with Crippen LogP contribution in [0.3, 0.4) is 0 Å². The first-order chi connectivity index (χ1) is 10.2. The first kappa shape index (κ1) is 16.4. The van der Waals surface area contributed by atoms with E-state index in [0.29, 0.717) is 23.1 Å². The van der Waals surface area contributed by atoms with Crippen molar-refractivity contribution < 1.29 is 14.6 Å². The van der Waals surface area contributed by atoms with Gasteiger partial charge in [-0.1, -0.05) is 11.6 Å². The zero-order valence-electron chi connectivity index (χ0n) is 12.6. The highest BCUT2D eigenvalue weighted by Gasteiger charge is 2.24. The number of methoxy groups -OCH3 is 1. The van der Waals surface area contributed by atoms with Crippen molar-refractivity contribution in [3.8, 4) is 11.5 Å². The third-order valence-corrected chi connectivity index (χ3v) is 3.97. The first-order valence-corrected chi connectivity index (χ1v) is 7.64. The molecule has 0 aliphatic carbocycles. The summed E-state index contributed by atoms with van der Waals surface area (Å²) in [5, 5.41) is 13.6. The molecule has 21 heavy (non-hydrogen) atoms. The van der Waals surface area contributed by atoms with Crippen molar-refractivity contribution >= 4 is 11.6 Å². The van der Waals surface area contributed by atoms with Crippen LogP contribution >= 0.6 is 11.6 Å². The van der Waals surface area contributed by atoms with Gasteiger partial charge in [0.15, 0.2) is 11.5 Å². The normalized spacial score (nSPS) is 17.5. The van der Waals surface area contributed by atoms with E-state index < -0.39 is 0 Å². The molecule has 0 bridgehead atoms. The average molecular weight is 315 g/mol. The summed E-state index contributed by atoms with van der Waals surface area (Å²) in [6.45, 7) is 6.16. The molecule has 1 aromatic rings. The Hall–Kier alpha value is -1.01. The maximum absolute atomic E-state index is 9.79. The zero-order valence-corrected chi connectivity index (χ0v) is 13.3. The zero-order chi connectivity index (χ0) is 15.2. The van der Waals surface area contributed by atoms with Crippen LogP contribution in [0.25, 0.3) is 0 Å². The highest BCUT2D eigenvalue weighted by Crippen LogP contribution is 2.38. The van der Waals surface area contributed by atoms with E-state index in [9.17, 15) is 5.11 Å². The highest BCUT2D eigenvalue weighted by molar-refractivity contribution is 6.32. The molecule has 1 aliphatic heterocycles. The fourth-order valence-electron chi connectivity index (χ4n) is 2.67. The largest absolute Gasteiger partial charge is 0.491 e. The summed E-state index contributed by atoms with van der Waals surface area (Å²) in [7, 11) is 1.57. The molecule has 1 aliphatic rings.